The Morgan fingerprint density at radius 2 is 1.79 bits per heavy atom. The van der Waals surface area contributed by atoms with Crippen LogP contribution in [0.1, 0.15) is 11.3 Å². The van der Waals surface area contributed by atoms with E-state index in [1.165, 1.54) is 32.8 Å². The highest BCUT2D eigenvalue weighted by molar-refractivity contribution is 6.17. The molecule has 0 radical (unpaired) electrons. The number of aryl methyl sites for hydroxylation is 2. The largest absolute Gasteiger partial charge is 0.354 e. The van der Waals surface area contributed by atoms with Crippen LogP contribution < -0.4 is 0 Å². The molecular weight excluding hydrogens is 232 g/mol. The third-order valence-electron chi connectivity index (χ3n) is 3.78. The number of fused-ring (bicyclic) bond motifs is 5. The summed E-state index contributed by atoms with van der Waals surface area (Å²) >= 11 is 0. The third-order valence-corrected chi connectivity index (χ3v) is 3.78. The van der Waals surface area contributed by atoms with Crippen LogP contribution in [0.15, 0.2) is 42.5 Å². The van der Waals surface area contributed by atoms with Crippen LogP contribution in [0.3, 0.4) is 0 Å². The maximum absolute atomic E-state index is 4.73. The van der Waals surface area contributed by atoms with Gasteiger partial charge in [-0.3, -0.25) is 4.98 Å². The number of nitrogens with one attached hydrogen (secondary N) is 1. The first-order chi connectivity index (χ1) is 9.24. The zero-order chi connectivity index (χ0) is 13.0. The van der Waals surface area contributed by atoms with Gasteiger partial charge in [-0.15, -0.1) is 0 Å². The number of hydrogen-bond acceptors (Lipinski definition) is 1. The molecule has 0 bridgehead atoms. The molecule has 2 nitrogen and oxygen atoms in total. The fraction of sp³-hybridized carbons (Fsp3) is 0.118. The van der Waals surface area contributed by atoms with Crippen LogP contribution in [0.25, 0.3) is 32.7 Å². The summed E-state index contributed by atoms with van der Waals surface area (Å²) in [6.45, 7) is 4.20. The third kappa shape index (κ3) is 1.40. The van der Waals surface area contributed by atoms with Crippen LogP contribution in [-0.2, 0) is 0 Å². The molecule has 0 aliphatic carbocycles. The molecule has 4 aromatic rings. The lowest BCUT2D eigenvalue weighted by molar-refractivity contribution is 1.29. The molecule has 4 rings (SSSR count). The van der Waals surface area contributed by atoms with Crippen LogP contribution in [-0.4, -0.2) is 9.97 Å². The second-order valence-electron chi connectivity index (χ2n) is 5.14. The molecule has 2 heterocycles. The molecule has 0 saturated carbocycles. The molecule has 1 N–H and O–H groups in total. The first-order valence-corrected chi connectivity index (χ1v) is 6.51. The predicted octanol–water partition coefficient (Wildman–Crippen LogP) is 4.49. The lowest BCUT2D eigenvalue weighted by Gasteiger charge is -2.02. The Morgan fingerprint density at radius 1 is 0.947 bits per heavy atom. The number of para-hydroxylation sites is 1. The molecule has 2 heteroatoms. The van der Waals surface area contributed by atoms with Gasteiger partial charge in [0.2, 0.25) is 0 Å². The smallest absolute Gasteiger partial charge is 0.0726 e. The second-order valence-corrected chi connectivity index (χ2v) is 5.14. The summed E-state index contributed by atoms with van der Waals surface area (Å²) in [5.41, 5.74) is 5.80. The van der Waals surface area contributed by atoms with E-state index in [0.29, 0.717) is 0 Å². The van der Waals surface area contributed by atoms with Gasteiger partial charge in [-0.2, -0.15) is 0 Å². The van der Waals surface area contributed by atoms with E-state index in [-0.39, 0.29) is 0 Å². The molecule has 92 valence electrons. The van der Waals surface area contributed by atoms with Crippen LogP contribution in [0.2, 0.25) is 0 Å². The van der Waals surface area contributed by atoms with Gasteiger partial charge in [-0.25, -0.2) is 0 Å². The van der Waals surface area contributed by atoms with Crippen molar-refractivity contribution in [3.05, 3.63) is 53.7 Å². The fourth-order valence-corrected chi connectivity index (χ4v) is 2.91. The molecule has 0 unspecified atom stereocenters. The van der Waals surface area contributed by atoms with Crippen molar-refractivity contribution in [2.24, 2.45) is 0 Å². The van der Waals surface area contributed by atoms with E-state index >= 15 is 0 Å². The Labute approximate surface area is 111 Å². The summed E-state index contributed by atoms with van der Waals surface area (Å²) in [5, 5.41) is 3.70. The maximum atomic E-state index is 4.73. The Morgan fingerprint density at radius 3 is 2.68 bits per heavy atom. The minimum absolute atomic E-state index is 1.05. The van der Waals surface area contributed by atoms with Gasteiger partial charge in [0.1, 0.15) is 0 Å². The zero-order valence-corrected chi connectivity index (χ0v) is 11.0. The molecule has 19 heavy (non-hydrogen) atoms. The molecule has 0 amide bonds. The SMILES string of the molecule is Cc1ccc2c(c1)[nH]c1c3ccccc3nc(C)c21. The standard InChI is InChI=1S/C17H14N2/c1-10-7-8-12-15(9-10)19-17-13-5-3-4-6-14(13)18-11(2)16(12)17/h3-9,19H,1-2H3. The first kappa shape index (κ1) is 10.6. The number of rotatable bonds is 0. The number of nitrogens with zero attached hydrogens (tertiary/aromatic N) is 1. The van der Waals surface area contributed by atoms with Crippen molar-refractivity contribution < 1.29 is 0 Å². The highest BCUT2D eigenvalue weighted by Crippen LogP contribution is 2.32. The number of H-pyrrole nitrogens is 1. The lowest BCUT2D eigenvalue weighted by Crippen LogP contribution is -1.85. The van der Waals surface area contributed by atoms with Crippen molar-refractivity contribution in [1.29, 1.82) is 0 Å². The normalized spacial score (nSPS) is 11.7. The average molecular weight is 246 g/mol. The van der Waals surface area contributed by atoms with Crippen molar-refractivity contribution >= 4 is 32.7 Å². The average Bonchev–Trinajstić information content (AvgIpc) is 2.78. The maximum Gasteiger partial charge on any atom is 0.0726 e. The molecule has 2 aromatic heterocycles. The van der Waals surface area contributed by atoms with E-state index < -0.39 is 0 Å². The Hall–Kier alpha value is -2.35. The molecule has 0 atom stereocenters. The van der Waals surface area contributed by atoms with Gasteiger partial charge < -0.3 is 4.98 Å². The fourth-order valence-electron chi connectivity index (χ4n) is 2.91. The minimum atomic E-state index is 1.05. The Bertz CT molecular complexity index is 932. The molecule has 0 aliphatic rings. The number of aromatic nitrogens is 2. The van der Waals surface area contributed by atoms with Gasteiger partial charge in [0.25, 0.3) is 0 Å². The summed E-state index contributed by atoms with van der Waals surface area (Å²) in [5.74, 6) is 0. The molecule has 0 aliphatic heterocycles. The van der Waals surface area contributed by atoms with Crippen molar-refractivity contribution in [2.45, 2.75) is 13.8 Å². The summed E-state index contributed by atoms with van der Waals surface area (Å²) in [6, 6.07) is 14.8. The van der Waals surface area contributed by atoms with Crippen molar-refractivity contribution in [3.8, 4) is 0 Å². The van der Waals surface area contributed by atoms with Gasteiger partial charge in [-0.1, -0.05) is 30.3 Å². The minimum Gasteiger partial charge on any atom is -0.354 e. The molecule has 0 fully saturated rings. The zero-order valence-electron chi connectivity index (χ0n) is 11.0. The molecule has 2 aromatic carbocycles. The van der Waals surface area contributed by atoms with Gasteiger partial charge in [0.15, 0.2) is 0 Å². The number of pyridine rings is 1. The number of benzene rings is 2. The highest BCUT2D eigenvalue weighted by atomic mass is 14.8. The van der Waals surface area contributed by atoms with Crippen LogP contribution in [0, 0.1) is 13.8 Å². The number of aromatic amines is 1. The monoisotopic (exact) mass is 246 g/mol. The molecule has 0 saturated heterocycles. The summed E-state index contributed by atoms with van der Waals surface area (Å²) in [4.78, 5) is 8.29. The summed E-state index contributed by atoms with van der Waals surface area (Å²) in [6.07, 6.45) is 0. The van der Waals surface area contributed by atoms with Crippen LogP contribution in [0.5, 0.6) is 0 Å². The second kappa shape index (κ2) is 3.58. The topological polar surface area (TPSA) is 28.7 Å². The van der Waals surface area contributed by atoms with E-state index in [9.17, 15) is 0 Å². The highest BCUT2D eigenvalue weighted by Gasteiger charge is 2.11. The van der Waals surface area contributed by atoms with Gasteiger partial charge >= 0.3 is 0 Å². The van der Waals surface area contributed by atoms with Crippen LogP contribution >= 0.6 is 0 Å². The van der Waals surface area contributed by atoms with Crippen molar-refractivity contribution in [2.75, 3.05) is 0 Å². The van der Waals surface area contributed by atoms with E-state index in [0.717, 1.165) is 11.2 Å². The van der Waals surface area contributed by atoms with Gasteiger partial charge in [0, 0.05) is 27.4 Å². The van der Waals surface area contributed by atoms with E-state index in [4.69, 9.17) is 4.98 Å². The first-order valence-electron chi connectivity index (χ1n) is 6.51. The Kier molecular flexibility index (Phi) is 1.99. The molecule has 0 spiro atoms. The van der Waals surface area contributed by atoms with Gasteiger partial charge in [-0.05, 0) is 31.5 Å². The van der Waals surface area contributed by atoms with Crippen molar-refractivity contribution in [1.82, 2.24) is 9.97 Å². The Balaban J connectivity index is 2.33. The predicted molar refractivity (Wildman–Crippen MR) is 80.6 cm³/mol. The van der Waals surface area contributed by atoms with E-state index in [2.05, 4.69) is 55.2 Å². The molecular formula is C17H14N2. The van der Waals surface area contributed by atoms with Crippen LogP contribution in [0.4, 0.5) is 0 Å². The lowest BCUT2D eigenvalue weighted by atomic mass is 10.1. The number of hydrogen-bond donors (Lipinski definition) is 1. The van der Waals surface area contributed by atoms with E-state index in [1.807, 2.05) is 6.07 Å². The van der Waals surface area contributed by atoms with Crippen molar-refractivity contribution in [3.63, 3.8) is 0 Å². The van der Waals surface area contributed by atoms with E-state index in [1.54, 1.807) is 0 Å². The summed E-state index contributed by atoms with van der Waals surface area (Å²) < 4.78 is 0. The quantitative estimate of drug-likeness (QED) is 0.486. The van der Waals surface area contributed by atoms with Gasteiger partial charge in [0.05, 0.1) is 11.0 Å². The summed E-state index contributed by atoms with van der Waals surface area (Å²) in [7, 11) is 0.